The van der Waals surface area contributed by atoms with Crippen LogP contribution in [0.1, 0.15) is 11.1 Å². The molecular formula is C23H23N3O6S. The number of imide groups is 1. The van der Waals surface area contributed by atoms with Crippen LogP contribution in [0.15, 0.2) is 47.6 Å². The zero-order valence-corrected chi connectivity index (χ0v) is 19.2. The largest absolute Gasteiger partial charge is 0.493 e. The molecule has 1 N–H and O–H groups in total. The van der Waals surface area contributed by atoms with Gasteiger partial charge in [0, 0.05) is 31.6 Å². The Hall–Kier alpha value is -3.79. The molecule has 33 heavy (non-hydrogen) atoms. The SMILES string of the molecule is COc1cc(/C=C2/SC(=O)N(CCNC(=O)/C=C/c3cccnc3)C2=O)cc(OC)c1OC. The molecule has 0 aliphatic carbocycles. The minimum absolute atomic E-state index is 0.0593. The lowest BCUT2D eigenvalue weighted by Crippen LogP contribution is -2.36. The molecule has 3 amide bonds. The Morgan fingerprint density at radius 1 is 1.12 bits per heavy atom. The quantitative estimate of drug-likeness (QED) is 0.559. The molecule has 172 valence electrons. The number of carbonyl (C=O) groups is 3. The molecule has 1 aromatic heterocycles. The van der Waals surface area contributed by atoms with Crippen molar-refractivity contribution in [3.63, 3.8) is 0 Å². The fraction of sp³-hybridized carbons (Fsp3) is 0.217. The highest BCUT2D eigenvalue weighted by Crippen LogP contribution is 2.40. The van der Waals surface area contributed by atoms with Crippen molar-refractivity contribution in [2.75, 3.05) is 34.4 Å². The summed E-state index contributed by atoms with van der Waals surface area (Å²) in [5.74, 6) is 0.532. The zero-order valence-electron chi connectivity index (χ0n) is 18.4. The van der Waals surface area contributed by atoms with Gasteiger partial charge in [-0.1, -0.05) is 6.07 Å². The molecule has 0 unspecified atom stereocenters. The molecule has 1 saturated heterocycles. The summed E-state index contributed by atoms with van der Waals surface area (Å²) in [4.78, 5) is 42.4. The number of nitrogens with one attached hydrogen (secondary N) is 1. The van der Waals surface area contributed by atoms with E-state index in [0.29, 0.717) is 22.8 Å². The average molecular weight is 470 g/mol. The highest BCUT2D eigenvalue weighted by Gasteiger charge is 2.34. The summed E-state index contributed by atoms with van der Waals surface area (Å²) in [5.41, 5.74) is 1.40. The number of hydrogen-bond donors (Lipinski definition) is 1. The van der Waals surface area contributed by atoms with Crippen molar-refractivity contribution in [2.45, 2.75) is 0 Å². The number of methoxy groups -OCH3 is 3. The first kappa shape index (κ1) is 23.9. The normalized spacial score (nSPS) is 14.8. The molecule has 0 bridgehead atoms. The summed E-state index contributed by atoms with van der Waals surface area (Å²) in [7, 11) is 4.49. The van der Waals surface area contributed by atoms with Gasteiger partial charge in [0.1, 0.15) is 0 Å². The monoisotopic (exact) mass is 469 g/mol. The Labute approximate surface area is 195 Å². The molecule has 0 radical (unpaired) electrons. The molecule has 3 rings (SSSR count). The fourth-order valence-electron chi connectivity index (χ4n) is 3.03. The van der Waals surface area contributed by atoms with E-state index in [-0.39, 0.29) is 23.9 Å². The van der Waals surface area contributed by atoms with Crippen molar-refractivity contribution in [1.82, 2.24) is 15.2 Å². The second kappa shape index (κ2) is 11.2. The number of carbonyl (C=O) groups excluding carboxylic acids is 3. The van der Waals surface area contributed by atoms with Gasteiger partial charge >= 0.3 is 0 Å². The second-order valence-corrected chi connectivity index (χ2v) is 7.70. The number of nitrogens with zero attached hydrogens (tertiary/aromatic N) is 2. The molecule has 2 aromatic rings. The van der Waals surface area contributed by atoms with Gasteiger partial charge in [-0.15, -0.1) is 0 Å². The summed E-state index contributed by atoms with van der Waals surface area (Å²) in [6.45, 7) is 0.190. The summed E-state index contributed by atoms with van der Waals surface area (Å²) in [6, 6.07) is 6.95. The van der Waals surface area contributed by atoms with Crippen LogP contribution in [0.3, 0.4) is 0 Å². The van der Waals surface area contributed by atoms with Gasteiger partial charge in [0.15, 0.2) is 11.5 Å². The predicted octanol–water partition coefficient (Wildman–Crippen LogP) is 2.97. The molecule has 0 atom stereocenters. The standard InChI is InChI=1S/C23H23N3O6S/c1-30-17-11-16(12-18(31-2)21(17)32-3)13-19-22(28)26(23(29)33-19)10-9-25-20(27)7-6-15-5-4-8-24-14-15/h4-8,11-14H,9-10H2,1-3H3,(H,25,27)/b7-6+,19-13+. The Bertz CT molecular complexity index is 1080. The Kier molecular flexibility index (Phi) is 8.09. The van der Waals surface area contributed by atoms with Crippen molar-refractivity contribution < 1.29 is 28.6 Å². The smallest absolute Gasteiger partial charge is 0.293 e. The van der Waals surface area contributed by atoms with E-state index in [0.717, 1.165) is 22.2 Å². The van der Waals surface area contributed by atoms with Crippen LogP contribution in [0.2, 0.25) is 0 Å². The first-order valence-electron chi connectivity index (χ1n) is 9.88. The van der Waals surface area contributed by atoms with Gasteiger partial charge in [0.2, 0.25) is 11.7 Å². The Balaban J connectivity index is 1.63. The van der Waals surface area contributed by atoms with Crippen LogP contribution < -0.4 is 19.5 Å². The molecule has 1 fully saturated rings. The number of rotatable bonds is 9. The van der Waals surface area contributed by atoms with Gasteiger partial charge in [-0.05, 0) is 53.2 Å². The highest BCUT2D eigenvalue weighted by molar-refractivity contribution is 8.18. The molecule has 1 aliphatic rings. The lowest BCUT2D eigenvalue weighted by atomic mass is 10.1. The van der Waals surface area contributed by atoms with E-state index >= 15 is 0 Å². The van der Waals surface area contributed by atoms with Gasteiger partial charge in [0.05, 0.1) is 26.2 Å². The maximum absolute atomic E-state index is 12.7. The Morgan fingerprint density at radius 3 is 2.45 bits per heavy atom. The van der Waals surface area contributed by atoms with Crippen molar-refractivity contribution in [1.29, 1.82) is 0 Å². The van der Waals surface area contributed by atoms with Crippen LogP contribution in [0, 0.1) is 0 Å². The number of aromatic nitrogens is 1. The molecule has 0 spiro atoms. The highest BCUT2D eigenvalue weighted by atomic mass is 32.2. The number of ether oxygens (including phenoxy) is 3. The third-order valence-electron chi connectivity index (χ3n) is 4.60. The predicted molar refractivity (Wildman–Crippen MR) is 125 cm³/mol. The van der Waals surface area contributed by atoms with E-state index in [2.05, 4.69) is 10.3 Å². The number of amides is 3. The van der Waals surface area contributed by atoms with Crippen LogP contribution in [0.4, 0.5) is 4.79 Å². The molecular weight excluding hydrogens is 446 g/mol. The minimum atomic E-state index is -0.432. The van der Waals surface area contributed by atoms with E-state index in [4.69, 9.17) is 14.2 Å². The molecule has 1 aromatic carbocycles. The van der Waals surface area contributed by atoms with Gasteiger partial charge in [-0.25, -0.2) is 0 Å². The number of benzene rings is 1. The minimum Gasteiger partial charge on any atom is -0.493 e. The molecule has 0 saturated carbocycles. The van der Waals surface area contributed by atoms with E-state index in [1.54, 1.807) is 42.7 Å². The molecule has 9 nitrogen and oxygen atoms in total. The van der Waals surface area contributed by atoms with Crippen molar-refractivity contribution >= 4 is 41.0 Å². The van der Waals surface area contributed by atoms with E-state index < -0.39 is 11.1 Å². The van der Waals surface area contributed by atoms with Gasteiger partial charge in [0.25, 0.3) is 11.1 Å². The van der Waals surface area contributed by atoms with Crippen molar-refractivity contribution in [3.8, 4) is 17.2 Å². The number of hydrogen-bond acceptors (Lipinski definition) is 8. The summed E-state index contributed by atoms with van der Waals surface area (Å²) in [6.07, 6.45) is 7.86. The van der Waals surface area contributed by atoms with Crippen LogP contribution in [-0.2, 0) is 9.59 Å². The topological polar surface area (TPSA) is 107 Å². The summed E-state index contributed by atoms with van der Waals surface area (Å²) in [5, 5.41) is 2.26. The van der Waals surface area contributed by atoms with Gasteiger partial charge in [-0.3, -0.25) is 24.3 Å². The molecule has 1 aliphatic heterocycles. The van der Waals surface area contributed by atoms with Crippen LogP contribution in [0.25, 0.3) is 12.2 Å². The zero-order chi connectivity index (χ0) is 23.8. The van der Waals surface area contributed by atoms with Gasteiger partial charge < -0.3 is 19.5 Å². The number of thioether (sulfide) groups is 1. The summed E-state index contributed by atoms with van der Waals surface area (Å²) >= 11 is 0.832. The Morgan fingerprint density at radius 2 is 1.85 bits per heavy atom. The second-order valence-electron chi connectivity index (χ2n) is 6.70. The van der Waals surface area contributed by atoms with E-state index in [1.165, 1.54) is 27.4 Å². The van der Waals surface area contributed by atoms with Crippen LogP contribution >= 0.6 is 11.8 Å². The lowest BCUT2D eigenvalue weighted by molar-refractivity contribution is -0.123. The van der Waals surface area contributed by atoms with Crippen molar-refractivity contribution in [2.24, 2.45) is 0 Å². The molecule has 10 heteroatoms. The third-order valence-corrected chi connectivity index (χ3v) is 5.51. The maximum atomic E-state index is 12.7. The maximum Gasteiger partial charge on any atom is 0.293 e. The first-order chi connectivity index (χ1) is 16.0. The first-order valence-corrected chi connectivity index (χ1v) is 10.7. The van der Waals surface area contributed by atoms with E-state index in [9.17, 15) is 14.4 Å². The fourth-order valence-corrected chi connectivity index (χ4v) is 3.89. The van der Waals surface area contributed by atoms with E-state index in [1.807, 2.05) is 6.07 Å². The molecule has 2 heterocycles. The van der Waals surface area contributed by atoms with Crippen LogP contribution in [-0.4, -0.2) is 61.4 Å². The van der Waals surface area contributed by atoms with Crippen LogP contribution in [0.5, 0.6) is 17.2 Å². The van der Waals surface area contributed by atoms with Gasteiger partial charge in [-0.2, -0.15) is 0 Å². The third kappa shape index (κ3) is 5.92. The summed E-state index contributed by atoms with van der Waals surface area (Å²) < 4.78 is 15.9. The average Bonchev–Trinajstić information content (AvgIpc) is 3.09. The van der Waals surface area contributed by atoms with Crippen molar-refractivity contribution in [3.05, 3.63) is 58.8 Å². The lowest BCUT2D eigenvalue weighted by Gasteiger charge is -2.13. The number of pyridine rings is 1.